The fourth-order valence-electron chi connectivity index (χ4n) is 2.18. The second kappa shape index (κ2) is 8.09. The zero-order chi connectivity index (χ0) is 18.6. The van der Waals surface area contributed by atoms with Gasteiger partial charge in [0.25, 0.3) is 5.91 Å². The number of hydrogen-bond acceptors (Lipinski definition) is 4. The lowest BCUT2D eigenvalue weighted by atomic mass is 10.1. The van der Waals surface area contributed by atoms with Gasteiger partial charge >= 0.3 is 5.97 Å². The maximum absolute atomic E-state index is 12.4. The smallest absolute Gasteiger partial charge is 0.336 e. The molecule has 1 amide bonds. The highest BCUT2D eigenvalue weighted by molar-refractivity contribution is 9.10. The van der Waals surface area contributed by atoms with Crippen LogP contribution in [-0.4, -0.2) is 29.2 Å². The van der Waals surface area contributed by atoms with Crippen LogP contribution in [0.1, 0.15) is 26.3 Å². The van der Waals surface area contributed by atoms with Crippen LogP contribution in [0.4, 0.5) is 5.69 Å². The van der Waals surface area contributed by atoms with E-state index in [2.05, 4.69) is 26.6 Å². The van der Waals surface area contributed by atoms with Crippen LogP contribution in [-0.2, 0) is 0 Å². The monoisotopic (exact) mass is 422 g/mol. The number of anilines is 1. The van der Waals surface area contributed by atoms with Crippen molar-refractivity contribution >= 4 is 50.8 Å². The first-order chi connectivity index (χ1) is 11.8. The summed E-state index contributed by atoms with van der Waals surface area (Å²) in [5.74, 6) is -1.06. The predicted molar refractivity (Wildman–Crippen MR) is 103 cm³/mol. The number of amides is 1. The summed E-state index contributed by atoms with van der Waals surface area (Å²) in [6, 6.07) is 9.81. The molecule has 0 aliphatic carbocycles. The number of carbonyl (C=O) groups is 2. The van der Waals surface area contributed by atoms with Gasteiger partial charge in [-0.1, -0.05) is 22.0 Å². The molecular formula is C17H15BrN2O4S. The van der Waals surface area contributed by atoms with Gasteiger partial charge in [0.1, 0.15) is 5.75 Å². The number of rotatable bonds is 4. The molecular weight excluding hydrogens is 408 g/mol. The molecule has 2 aromatic carbocycles. The third-order valence-electron chi connectivity index (χ3n) is 3.45. The molecule has 0 saturated carbocycles. The molecule has 0 spiro atoms. The van der Waals surface area contributed by atoms with E-state index in [0.29, 0.717) is 22.6 Å². The van der Waals surface area contributed by atoms with Gasteiger partial charge in [0.05, 0.1) is 18.2 Å². The number of ether oxygens (including phenoxy) is 1. The lowest BCUT2D eigenvalue weighted by Crippen LogP contribution is -2.34. The largest absolute Gasteiger partial charge is 0.496 e. The fourth-order valence-corrected chi connectivity index (χ4v) is 2.75. The average Bonchev–Trinajstić information content (AvgIpc) is 2.56. The first kappa shape index (κ1) is 18.9. The number of halogens is 1. The van der Waals surface area contributed by atoms with Crippen molar-refractivity contribution in [2.24, 2.45) is 0 Å². The summed E-state index contributed by atoms with van der Waals surface area (Å²) in [4.78, 5) is 23.6. The summed E-state index contributed by atoms with van der Waals surface area (Å²) in [6.45, 7) is 1.66. The molecule has 0 heterocycles. The van der Waals surface area contributed by atoms with Gasteiger partial charge in [-0.25, -0.2) is 4.79 Å². The summed E-state index contributed by atoms with van der Waals surface area (Å²) in [6.07, 6.45) is 0. The molecule has 0 fully saturated rings. The molecule has 2 rings (SSSR count). The standard InChI is InChI=1S/C17H15BrN2O4S/c1-9-11(16(22)23)4-3-5-13(9)19-17(25)20-15(21)12-8-10(18)6-7-14(12)24-2/h3-8H,1-2H3,(H,22,23)(H2,19,20,21,25). The summed E-state index contributed by atoms with van der Waals surface area (Å²) in [5.41, 5.74) is 1.50. The van der Waals surface area contributed by atoms with Crippen molar-refractivity contribution in [1.29, 1.82) is 0 Å². The van der Waals surface area contributed by atoms with Crippen molar-refractivity contribution < 1.29 is 19.4 Å². The van der Waals surface area contributed by atoms with Crippen LogP contribution in [0.25, 0.3) is 0 Å². The Balaban J connectivity index is 2.16. The number of carbonyl (C=O) groups excluding carboxylic acids is 1. The quantitative estimate of drug-likeness (QED) is 0.652. The Morgan fingerprint density at radius 3 is 2.56 bits per heavy atom. The molecule has 8 heteroatoms. The lowest BCUT2D eigenvalue weighted by molar-refractivity contribution is 0.0696. The molecule has 0 aliphatic heterocycles. The van der Waals surface area contributed by atoms with Crippen molar-refractivity contribution in [3.8, 4) is 5.75 Å². The molecule has 2 aromatic rings. The van der Waals surface area contributed by atoms with Crippen LogP contribution < -0.4 is 15.4 Å². The van der Waals surface area contributed by atoms with Crippen LogP contribution in [0.15, 0.2) is 40.9 Å². The van der Waals surface area contributed by atoms with E-state index < -0.39 is 11.9 Å². The van der Waals surface area contributed by atoms with E-state index in [1.165, 1.54) is 13.2 Å². The summed E-state index contributed by atoms with van der Waals surface area (Å²) >= 11 is 8.46. The third kappa shape index (κ3) is 4.55. The highest BCUT2D eigenvalue weighted by atomic mass is 79.9. The van der Waals surface area contributed by atoms with E-state index in [0.717, 1.165) is 4.47 Å². The number of methoxy groups -OCH3 is 1. The van der Waals surface area contributed by atoms with E-state index in [-0.39, 0.29) is 10.7 Å². The minimum absolute atomic E-state index is 0.0534. The summed E-state index contributed by atoms with van der Waals surface area (Å²) < 4.78 is 5.90. The van der Waals surface area contributed by atoms with Crippen molar-refractivity contribution in [2.75, 3.05) is 12.4 Å². The molecule has 6 nitrogen and oxygen atoms in total. The molecule has 0 atom stereocenters. The molecule has 130 valence electrons. The number of benzene rings is 2. The minimum Gasteiger partial charge on any atom is -0.496 e. The first-order valence-corrected chi connectivity index (χ1v) is 8.32. The maximum Gasteiger partial charge on any atom is 0.336 e. The first-order valence-electron chi connectivity index (χ1n) is 7.12. The molecule has 0 radical (unpaired) electrons. The number of nitrogens with one attached hydrogen (secondary N) is 2. The van der Waals surface area contributed by atoms with Crippen LogP contribution in [0.3, 0.4) is 0 Å². The molecule has 0 aromatic heterocycles. The molecule has 0 unspecified atom stereocenters. The Bertz CT molecular complexity index is 855. The Labute approximate surface area is 158 Å². The Hall–Kier alpha value is -2.45. The van der Waals surface area contributed by atoms with Gasteiger partial charge in [0.15, 0.2) is 5.11 Å². The number of thiocarbonyl (C=S) groups is 1. The van der Waals surface area contributed by atoms with Crippen molar-refractivity contribution in [3.05, 3.63) is 57.6 Å². The Kier molecular flexibility index (Phi) is 6.11. The summed E-state index contributed by atoms with van der Waals surface area (Å²) in [7, 11) is 1.47. The van der Waals surface area contributed by atoms with Gasteiger partial charge in [0.2, 0.25) is 0 Å². The summed E-state index contributed by atoms with van der Waals surface area (Å²) in [5, 5.41) is 14.6. The van der Waals surface area contributed by atoms with Gasteiger partial charge in [-0.3, -0.25) is 10.1 Å². The van der Waals surface area contributed by atoms with E-state index >= 15 is 0 Å². The van der Waals surface area contributed by atoms with Crippen molar-refractivity contribution in [2.45, 2.75) is 6.92 Å². The Morgan fingerprint density at radius 1 is 1.20 bits per heavy atom. The molecule has 0 aliphatic rings. The maximum atomic E-state index is 12.4. The average molecular weight is 423 g/mol. The van der Waals surface area contributed by atoms with Crippen LogP contribution in [0.2, 0.25) is 0 Å². The normalized spacial score (nSPS) is 10.0. The molecule has 25 heavy (non-hydrogen) atoms. The van der Waals surface area contributed by atoms with Gasteiger partial charge in [0, 0.05) is 10.2 Å². The molecule has 3 N–H and O–H groups in total. The van der Waals surface area contributed by atoms with Crippen LogP contribution in [0.5, 0.6) is 5.75 Å². The van der Waals surface area contributed by atoms with Gasteiger partial charge in [-0.2, -0.15) is 0 Å². The zero-order valence-corrected chi connectivity index (χ0v) is 15.8. The molecule has 0 saturated heterocycles. The number of carboxylic acid groups (broad SMARTS) is 1. The van der Waals surface area contributed by atoms with Gasteiger partial charge in [-0.05, 0) is 55.0 Å². The fraction of sp³-hybridized carbons (Fsp3) is 0.118. The van der Waals surface area contributed by atoms with Crippen LogP contribution >= 0.6 is 28.1 Å². The van der Waals surface area contributed by atoms with E-state index in [1.807, 2.05) is 0 Å². The Morgan fingerprint density at radius 2 is 1.92 bits per heavy atom. The number of aromatic carboxylic acids is 1. The van der Waals surface area contributed by atoms with Crippen molar-refractivity contribution in [3.63, 3.8) is 0 Å². The molecule has 0 bridgehead atoms. The second-order valence-corrected chi connectivity index (χ2v) is 6.36. The SMILES string of the molecule is COc1ccc(Br)cc1C(=O)NC(=S)Nc1cccc(C(=O)O)c1C. The van der Waals surface area contributed by atoms with E-state index in [9.17, 15) is 9.59 Å². The predicted octanol–water partition coefficient (Wildman–Crippen LogP) is 3.59. The van der Waals surface area contributed by atoms with Crippen LogP contribution in [0, 0.1) is 6.92 Å². The number of hydrogen-bond donors (Lipinski definition) is 3. The minimum atomic E-state index is -1.03. The van der Waals surface area contributed by atoms with Gasteiger partial charge < -0.3 is 15.2 Å². The highest BCUT2D eigenvalue weighted by Gasteiger charge is 2.15. The van der Waals surface area contributed by atoms with E-state index in [1.54, 1.807) is 37.3 Å². The second-order valence-electron chi connectivity index (χ2n) is 5.04. The third-order valence-corrected chi connectivity index (χ3v) is 4.14. The lowest BCUT2D eigenvalue weighted by Gasteiger charge is -2.14. The topological polar surface area (TPSA) is 87.7 Å². The van der Waals surface area contributed by atoms with E-state index in [4.69, 9.17) is 22.1 Å². The van der Waals surface area contributed by atoms with Crippen molar-refractivity contribution in [1.82, 2.24) is 5.32 Å². The zero-order valence-electron chi connectivity index (χ0n) is 13.4. The number of carboxylic acids is 1. The highest BCUT2D eigenvalue weighted by Crippen LogP contribution is 2.23. The van der Waals surface area contributed by atoms with Gasteiger partial charge in [-0.15, -0.1) is 0 Å².